The van der Waals surface area contributed by atoms with E-state index in [0.29, 0.717) is 5.92 Å². The van der Waals surface area contributed by atoms with Gasteiger partial charge in [-0.25, -0.2) is 0 Å². The second-order valence-electron chi connectivity index (χ2n) is 6.95. The van der Waals surface area contributed by atoms with Crippen LogP contribution < -0.4 is 14.8 Å². The number of methoxy groups -OCH3 is 2. The van der Waals surface area contributed by atoms with Gasteiger partial charge in [-0.05, 0) is 48.7 Å². The average Bonchev–Trinajstić information content (AvgIpc) is 2.77. The molecule has 0 aliphatic carbocycles. The molecule has 0 bridgehead atoms. The monoisotopic (exact) mass is 375 g/mol. The second-order valence-corrected chi connectivity index (χ2v) is 6.95. The lowest BCUT2D eigenvalue weighted by Crippen LogP contribution is -2.22. The molecule has 146 valence electrons. The summed E-state index contributed by atoms with van der Waals surface area (Å²) in [7, 11) is 3.33. The first kappa shape index (κ1) is 20.0. The van der Waals surface area contributed by atoms with E-state index in [1.807, 2.05) is 12.1 Å². The topological polar surface area (TPSA) is 30.5 Å². The van der Waals surface area contributed by atoms with Gasteiger partial charge in [-0.15, -0.1) is 0 Å². The predicted molar refractivity (Wildman–Crippen MR) is 115 cm³/mol. The molecule has 0 spiro atoms. The van der Waals surface area contributed by atoms with Crippen molar-refractivity contribution in [2.45, 2.75) is 25.3 Å². The van der Waals surface area contributed by atoms with Gasteiger partial charge in [-0.2, -0.15) is 0 Å². The Kier molecular flexibility index (Phi) is 7.10. The highest BCUT2D eigenvalue weighted by molar-refractivity contribution is 5.43. The molecule has 3 aromatic carbocycles. The summed E-state index contributed by atoms with van der Waals surface area (Å²) >= 11 is 0. The molecule has 3 rings (SSSR count). The zero-order valence-corrected chi connectivity index (χ0v) is 16.9. The Morgan fingerprint density at radius 2 is 1.29 bits per heavy atom. The van der Waals surface area contributed by atoms with Gasteiger partial charge in [0.2, 0.25) is 0 Å². The van der Waals surface area contributed by atoms with Crippen molar-refractivity contribution in [2.24, 2.45) is 0 Å². The minimum absolute atomic E-state index is 0.229. The van der Waals surface area contributed by atoms with Gasteiger partial charge in [0, 0.05) is 12.0 Å². The van der Waals surface area contributed by atoms with Gasteiger partial charge in [-0.1, -0.05) is 66.7 Å². The molecule has 0 aromatic heterocycles. The molecule has 0 amide bonds. The van der Waals surface area contributed by atoms with E-state index in [1.54, 1.807) is 14.2 Å². The average molecular weight is 376 g/mol. The first-order valence-electron chi connectivity index (χ1n) is 9.78. The molecule has 0 fully saturated rings. The van der Waals surface area contributed by atoms with Crippen LogP contribution in [0.15, 0.2) is 78.9 Å². The van der Waals surface area contributed by atoms with Gasteiger partial charge in [0.25, 0.3) is 0 Å². The molecule has 3 nitrogen and oxygen atoms in total. The molecule has 1 unspecified atom stereocenters. The summed E-state index contributed by atoms with van der Waals surface area (Å²) in [5.74, 6) is 1.90. The molecule has 28 heavy (non-hydrogen) atoms. The van der Waals surface area contributed by atoms with Crippen molar-refractivity contribution in [2.75, 3.05) is 20.8 Å². The minimum atomic E-state index is 0.229. The third-order valence-corrected chi connectivity index (χ3v) is 5.20. The van der Waals surface area contributed by atoms with Crippen LogP contribution in [0.4, 0.5) is 0 Å². The van der Waals surface area contributed by atoms with Gasteiger partial charge in [0.15, 0.2) is 11.5 Å². The Labute approximate surface area is 168 Å². The zero-order valence-electron chi connectivity index (χ0n) is 16.9. The van der Waals surface area contributed by atoms with Gasteiger partial charge >= 0.3 is 0 Å². The van der Waals surface area contributed by atoms with Crippen molar-refractivity contribution in [1.29, 1.82) is 0 Å². The maximum atomic E-state index is 5.43. The van der Waals surface area contributed by atoms with Crippen LogP contribution in [-0.4, -0.2) is 20.8 Å². The predicted octanol–water partition coefficient (Wildman–Crippen LogP) is 5.58. The Morgan fingerprint density at radius 3 is 1.82 bits per heavy atom. The number of hydrogen-bond donors (Lipinski definition) is 1. The summed E-state index contributed by atoms with van der Waals surface area (Å²) in [6.07, 6.45) is 1.03. The summed E-state index contributed by atoms with van der Waals surface area (Å²) in [5.41, 5.74) is 3.90. The van der Waals surface area contributed by atoms with E-state index in [0.717, 1.165) is 24.5 Å². The Hall–Kier alpha value is -2.78. The van der Waals surface area contributed by atoms with E-state index in [4.69, 9.17) is 9.47 Å². The van der Waals surface area contributed by atoms with Gasteiger partial charge in [0.05, 0.1) is 14.2 Å². The normalized spacial score (nSPS) is 12.0. The van der Waals surface area contributed by atoms with Crippen LogP contribution in [0.3, 0.4) is 0 Å². The van der Waals surface area contributed by atoms with Crippen LogP contribution in [-0.2, 0) is 0 Å². The molecule has 0 aliphatic heterocycles. The lowest BCUT2D eigenvalue weighted by atomic mass is 9.88. The number of nitrogens with one attached hydrogen (secondary N) is 1. The van der Waals surface area contributed by atoms with E-state index >= 15 is 0 Å². The molecule has 0 heterocycles. The number of ether oxygens (including phenoxy) is 2. The van der Waals surface area contributed by atoms with Crippen LogP contribution in [0.2, 0.25) is 0 Å². The lowest BCUT2D eigenvalue weighted by Gasteiger charge is -2.21. The fourth-order valence-corrected chi connectivity index (χ4v) is 3.58. The highest BCUT2D eigenvalue weighted by Gasteiger charge is 2.15. The van der Waals surface area contributed by atoms with Crippen LogP contribution in [0.5, 0.6) is 11.5 Å². The van der Waals surface area contributed by atoms with E-state index in [9.17, 15) is 0 Å². The summed E-state index contributed by atoms with van der Waals surface area (Å²) in [4.78, 5) is 0. The van der Waals surface area contributed by atoms with Crippen molar-refractivity contribution in [3.8, 4) is 11.5 Å². The molecular formula is C25H29NO2. The molecule has 0 radical (unpaired) electrons. The standard InChI is InChI=1S/C25H29NO2/c1-19(22-14-15-24(27-2)25(18-22)28-3)26-17-16-23(20-10-6-4-7-11-20)21-12-8-5-9-13-21/h4-15,18-19,23,26H,16-17H2,1-3H3. The maximum Gasteiger partial charge on any atom is 0.161 e. The van der Waals surface area contributed by atoms with Crippen LogP contribution in [0, 0.1) is 0 Å². The smallest absolute Gasteiger partial charge is 0.161 e. The second kappa shape index (κ2) is 9.95. The van der Waals surface area contributed by atoms with E-state index in [1.165, 1.54) is 16.7 Å². The third-order valence-electron chi connectivity index (χ3n) is 5.20. The van der Waals surface area contributed by atoms with E-state index in [2.05, 4.69) is 79.0 Å². The molecular weight excluding hydrogens is 346 g/mol. The van der Waals surface area contributed by atoms with Crippen LogP contribution >= 0.6 is 0 Å². The summed E-state index contributed by atoms with van der Waals surface area (Å²) in [5, 5.41) is 3.66. The quantitative estimate of drug-likeness (QED) is 0.530. The first-order chi connectivity index (χ1) is 13.7. The van der Waals surface area contributed by atoms with Crippen LogP contribution in [0.25, 0.3) is 0 Å². The van der Waals surface area contributed by atoms with Gasteiger partial charge in [0.1, 0.15) is 0 Å². The van der Waals surface area contributed by atoms with Crippen LogP contribution in [0.1, 0.15) is 42.0 Å². The van der Waals surface area contributed by atoms with Crippen molar-refractivity contribution < 1.29 is 9.47 Å². The van der Waals surface area contributed by atoms with Crippen molar-refractivity contribution in [3.63, 3.8) is 0 Å². The maximum absolute atomic E-state index is 5.43. The lowest BCUT2D eigenvalue weighted by molar-refractivity contribution is 0.354. The van der Waals surface area contributed by atoms with E-state index < -0.39 is 0 Å². The molecule has 0 saturated carbocycles. The summed E-state index contributed by atoms with van der Waals surface area (Å²) in [6, 6.07) is 27.8. The molecule has 3 heteroatoms. The summed E-state index contributed by atoms with van der Waals surface area (Å²) in [6.45, 7) is 3.10. The molecule has 1 N–H and O–H groups in total. The summed E-state index contributed by atoms with van der Waals surface area (Å²) < 4.78 is 10.8. The fraction of sp³-hybridized carbons (Fsp3) is 0.280. The Morgan fingerprint density at radius 1 is 0.714 bits per heavy atom. The molecule has 3 aromatic rings. The largest absolute Gasteiger partial charge is 0.493 e. The van der Waals surface area contributed by atoms with Crippen molar-refractivity contribution in [3.05, 3.63) is 95.6 Å². The number of benzene rings is 3. The highest BCUT2D eigenvalue weighted by atomic mass is 16.5. The van der Waals surface area contributed by atoms with E-state index in [-0.39, 0.29) is 6.04 Å². The minimum Gasteiger partial charge on any atom is -0.493 e. The molecule has 0 saturated heterocycles. The SMILES string of the molecule is COc1ccc(C(C)NCCC(c2ccccc2)c2ccccc2)cc1OC. The van der Waals surface area contributed by atoms with Crippen molar-refractivity contribution in [1.82, 2.24) is 5.32 Å². The third kappa shape index (κ3) is 4.93. The number of rotatable bonds is 9. The Bertz CT molecular complexity index is 809. The van der Waals surface area contributed by atoms with Gasteiger partial charge in [-0.3, -0.25) is 0 Å². The fourth-order valence-electron chi connectivity index (χ4n) is 3.58. The highest BCUT2D eigenvalue weighted by Crippen LogP contribution is 2.31. The Balaban J connectivity index is 1.67. The zero-order chi connectivity index (χ0) is 19.8. The molecule has 1 atom stereocenters. The van der Waals surface area contributed by atoms with Crippen molar-refractivity contribution >= 4 is 0 Å². The number of hydrogen-bond acceptors (Lipinski definition) is 3. The van der Waals surface area contributed by atoms with Gasteiger partial charge < -0.3 is 14.8 Å². The molecule has 0 aliphatic rings. The first-order valence-corrected chi connectivity index (χ1v) is 9.78.